The quantitative estimate of drug-likeness (QED) is 0.638. The molecular weight excluding hydrogens is 190 g/mol. The molecule has 0 aromatic heterocycles. The van der Waals surface area contributed by atoms with Gasteiger partial charge in [0.05, 0.1) is 0 Å². The van der Waals surface area contributed by atoms with Crippen LogP contribution in [0.15, 0.2) is 24.3 Å². The summed E-state index contributed by atoms with van der Waals surface area (Å²) in [6.07, 6.45) is 5.01. The third-order valence-electron chi connectivity index (χ3n) is 3.82. The molecule has 0 radical (unpaired) electrons. The van der Waals surface area contributed by atoms with Gasteiger partial charge in [0, 0.05) is 0 Å². The first kappa shape index (κ1) is 13.4. The molecule has 1 aromatic rings. The Morgan fingerprint density at radius 2 is 1.12 bits per heavy atom. The molecule has 0 saturated heterocycles. The first-order valence-corrected chi connectivity index (χ1v) is 6.86. The third-order valence-corrected chi connectivity index (χ3v) is 3.82. The van der Waals surface area contributed by atoms with Gasteiger partial charge in [-0.2, -0.15) is 0 Å². The molecule has 0 bridgehead atoms. The van der Waals surface area contributed by atoms with Crippen molar-refractivity contribution in [2.24, 2.45) is 0 Å². The SMILES string of the molecule is CCB(CC)c1cccc(B(CC)CC)c1. The molecule has 0 aliphatic carbocycles. The molecule has 0 fully saturated rings. The normalized spacial score (nSPS) is 10.2. The smallest absolute Gasteiger partial charge is 0.0806 e. The largest absolute Gasteiger partial charge is 0.175 e. The molecule has 0 spiro atoms. The average molecular weight is 214 g/mol. The molecule has 1 rings (SSSR count). The average Bonchev–Trinajstić information content (AvgIpc) is 2.33. The standard InChI is InChI=1S/C14H24B2/c1-5-15(6-2)13-10-9-11-14(12-13)16(7-3)8-4/h9-12H,5-8H2,1-4H3. The van der Waals surface area contributed by atoms with Crippen LogP contribution in [0.4, 0.5) is 0 Å². The number of hydrogen-bond donors (Lipinski definition) is 0. The van der Waals surface area contributed by atoms with Crippen LogP contribution in [0.3, 0.4) is 0 Å². The minimum atomic E-state index is 0.745. The van der Waals surface area contributed by atoms with Crippen molar-refractivity contribution in [2.75, 3.05) is 0 Å². The molecule has 0 atom stereocenters. The van der Waals surface area contributed by atoms with Gasteiger partial charge in [-0.1, -0.05) is 88.2 Å². The van der Waals surface area contributed by atoms with Crippen LogP contribution in [0, 0.1) is 0 Å². The maximum absolute atomic E-state index is 2.44. The monoisotopic (exact) mass is 214 g/mol. The lowest BCUT2D eigenvalue weighted by Gasteiger charge is -2.14. The van der Waals surface area contributed by atoms with Crippen LogP contribution in [-0.4, -0.2) is 13.4 Å². The highest BCUT2D eigenvalue weighted by atomic mass is 13.9. The van der Waals surface area contributed by atoms with E-state index in [1.807, 2.05) is 0 Å². The van der Waals surface area contributed by atoms with Crippen molar-refractivity contribution in [3.63, 3.8) is 0 Å². The number of benzene rings is 1. The predicted molar refractivity (Wildman–Crippen MR) is 79.1 cm³/mol. The summed E-state index contributed by atoms with van der Waals surface area (Å²) in [6, 6.07) is 9.27. The van der Waals surface area contributed by atoms with Crippen molar-refractivity contribution in [2.45, 2.75) is 53.0 Å². The lowest BCUT2D eigenvalue weighted by atomic mass is 9.38. The van der Waals surface area contributed by atoms with Gasteiger partial charge in [0.25, 0.3) is 0 Å². The van der Waals surface area contributed by atoms with E-state index in [0.717, 1.165) is 13.4 Å². The summed E-state index contributed by atoms with van der Waals surface area (Å²) in [7, 11) is 0. The Morgan fingerprint density at radius 3 is 1.44 bits per heavy atom. The van der Waals surface area contributed by atoms with Gasteiger partial charge in [0.2, 0.25) is 0 Å². The minimum Gasteiger partial charge on any atom is -0.0806 e. The molecule has 16 heavy (non-hydrogen) atoms. The van der Waals surface area contributed by atoms with E-state index >= 15 is 0 Å². The highest BCUT2D eigenvalue weighted by molar-refractivity contribution is 6.76. The van der Waals surface area contributed by atoms with Crippen molar-refractivity contribution < 1.29 is 0 Å². The Balaban J connectivity index is 2.93. The summed E-state index contributed by atoms with van der Waals surface area (Å²) < 4.78 is 0. The van der Waals surface area contributed by atoms with Crippen LogP contribution in [0.1, 0.15) is 27.7 Å². The lowest BCUT2D eigenvalue weighted by molar-refractivity contribution is 1.32. The van der Waals surface area contributed by atoms with E-state index in [4.69, 9.17) is 0 Å². The van der Waals surface area contributed by atoms with Crippen molar-refractivity contribution in [3.05, 3.63) is 24.3 Å². The summed E-state index contributed by atoms with van der Waals surface area (Å²) >= 11 is 0. The zero-order valence-corrected chi connectivity index (χ0v) is 11.3. The Bertz CT molecular complexity index is 274. The zero-order chi connectivity index (χ0) is 12.0. The molecule has 0 saturated carbocycles. The van der Waals surface area contributed by atoms with Crippen LogP contribution >= 0.6 is 0 Å². The Morgan fingerprint density at radius 1 is 0.750 bits per heavy atom. The zero-order valence-electron chi connectivity index (χ0n) is 11.3. The third kappa shape index (κ3) is 3.17. The fourth-order valence-electron chi connectivity index (χ4n) is 2.59. The molecule has 0 aliphatic heterocycles. The van der Waals surface area contributed by atoms with Crippen molar-refractivity contribution in [1.29, 1.82) is 0 Å². The first-order chi connectivity index (χ1) is 7.76. The summed E-state index contributed by atoms with van der Waals surface area (Å²) in [5, 5.41) is 0. The highest BCUT2D eigenvalue weighted by Gasteiger charge is 2.15. The van der Waals surface area contributed by atoms with Gasteiger partial charge in [-0.3, -0.25) is 0 Å². The van der Waals surface area contributed by atoms with E-state index in [0.29, 0.717) is 0 Å². The number of rotatable bonds is 6. The van der Waals surface area contributed by atoms with Crippen LogP contribution in [-0.2, 0) is 0 Å². The van der Waals surface area contributed by atoms with Gasteiger partial charge in [-0.15, -0.1) is 0 Å². The van der Waals surface area contributed by atoms with E-state index in [9.17, 15) is 0 Å². The fraction of sp³-hybridized carbons (Fsp3) is 0.571. The van der Waals surface area contributed by atoms with Crippen molar-refractivity contribution in [3.8, 4) is 0 Å². The number of hydrogen-bond acceptors (Lipinski definition) is 0. The van der Waals surface area contributed by atoms with Gasteiger partial charge in [0.15, 0.2) is 13.4 Å². The van der Waals surface area contributed by atoms with E-state index in [1.54, 1.807) is 0 Å². The van der Waals surface area contributed by atoms with Crippen molar-refractivity contribution in [1.82, 2.24) is 0 Å². The molecule has 0 nitrogen and oxygen atoms in total. The first-order valence-electron chi connectivity index (χ1n) is 6.86. The Labute approximate surface area is 102 Å². The molecule has 0 N–H and O–H groups in total. The maximum Gasteiger partial charge on any atom is 0.175 e. The second kappa shape index (κ2) is 6.83. The van der Waals surface area contributed by atoms with Gasteiger partial charge in [0.1, 0.15) is 0 Å². The highest BCUT2D eigenvalue weighted by Crippen LogP contribution is 2.02. The van der Waals surface area contributed by atoms with E-state index in [1.165, 1.54) is 36.2 Å². The molecule has 0 unspecified atom stereocenters. The van der Waals surface area contributed by atoms with Gasteiger partial charge in [-0.05, 0) is 0 Å². The predicted octanol–water partition coefficient (Wildman–Crippen LogP) is 3.17. The molecule has 86 valence electrons. The summed E-state index contributed by atoms with van der Waals surface area (Å²) in [5.41, 5.74) is 3.07. The summed E-state index contributed by atoms with van der Waals surface area (Å²) in [4.78, 5) is 0. The summed E-state index contributed by atoms with van der Waals surface area (Å²) in [6.45, 7) is 10.6. The molecule has 2 heteroatoms. The van der Waals surface area contributed by atoms with Crippen LogP contribution in [0.25, 0.3) is 0 Å². The van der Waals surface area contributed by atoms with E-state index in [2.05, 4.69) is 52.0 Å². The second-order valence-corrected chi connectivity index (χ2v) is 4.70. The molecule has 0 aliphatic rings. The lowest BCUT2D eigenvalue weighted by Crippen LogP contribution is -2.36. The molecule has 0 amide bonds. The van der Waals surface area contributed by atoms with E-state index < -0.39 is 0 Å². The van der Waals surface area contributed by atoms with E-state index in [-0.39, 0.29) is 0 Å². The van der Waals surface area contributed by atoms with Crippen LogP contribution in [0.2, 0.25) is 25.3 Å². The minimum absolute atomic E-state index is 0.745. The molecule has 0 heterocycles. The van der Waals surface area contributed by atoms with Crippen LogP contribution in [0.5, 0.6) is 0 Å². The van der Waals surface area contributed by atoms with Gasteiger partial charge < -0.3 is 0 Å². The van der Waals surface area contributed by atoms with Crippen molar-refractivity contribution >= 4 is 24.4 Å². The summed E-state index contributed by atoms with van der Waals surface area (Å²) in [5.74, 6) is 0. The van der Waals surface area contributed by atoms with Crippen LogP contribution < -0.4 is 10.9 Å². The Hall–Kier alpha value is -0.650. The second-order valence-electron chi connectivity index (χ2n) is 4.70. The fourth-order valence-corrected chi connectivity index (χ4v) is 2.59. The topological polar surface area (TPSA) is 0 Å². The maximum atomic E-state index is 2.44. The Kier molecular flexibility index (Phi) is 5.73. The van der Waals surface area contributed by atoms with Gasteiger partial charge >= 0.3 is 0 Å². The van der Waals surface area contributed by atoms with Gasteiger partial charge in [-0.25, -0.2) is 0 Å². The molecule has 1 aromatic carbocycles. The molecular formula is C14H24B2.